The molecule has 0 bridgehead atoms. The van der Waals surface area contributed by atoms with E-state index in [0.717, 1.165) is 6.07 Å². The van der Waals surface area contributed by atoms with Crippen LogP contribution in [0.25, 0.3) is 0 Å². The molecular weight excluding hydrogens is 259 g/mol. The Bertz CT molecular complexity index is 446. The maximum Gasteiger partial charge on any atom is 0.416 e. The number of oxime groups is 1. The second kappa shape index (κ2) is 6.42. The number of halogens is 3. The first-order valence-corrected chi connectivity index (χ1v) is 5.76. The van der Waals surface area contributed by atoms with Gasteiger partial charge in [-0.1, -0.05) is 30.3 Å². The molecule has 0 saturated carbocycles. The van der Waals surface area contributed by atoms with Gasteiger partial charge in [0.25, 0.3) is 0 Å². The molecule has 4 N–H and O–H groups in total. The highest BCUT2D eigenvalue weighted by Gasteiger charge is 2.32. The molecule has 0 aliphatic rings. The Balaban J connectivity index is 2.83. The van der Waals surface area contributed by atoms with E-state index < -0.39 is 17.8 Å². The van der Waals surface area contributed by atoms with E-state index in [2.05, 4.69) is 10.5 Å². The Labute approximate surface area is 109 Å². The molecule has 1 atom stereocenters. The molecule has 1 aromatic rings. The van der Waals surface area contributed by atoms with Gasteiger partial charge < -0.3 is 16.3 Å². The van der Waals surface area contributed by atoms with E-state index in [-0.39, 0.29) is 17.9 Å². The number of nitrogens with two attached hydrogens (primary N) is 1. The van der Waals surface area contributed by atoms with Gasteiger partial charge in [0.15, 0.2) is 5.84 Å². The summed E-state index contributed by atoms with van der Waals surface area (Å²) in [5, 5.41) is 14.2. The Morgan fingerprint density at radius 2 is 2.05 bits per heavy atom. The SMILES string of the molecule is CCC(NCc1ccccc1C(F)(F)F)C(N)=NO. The van der Waals surface area contributed by atoms with Crippen molar-refractivity contribution >= 4 is 5.84 Å². The monoisotopic (exact) mass is 275 g/mol. The van der Waals surface area contributed by atoms with Crippen molar-refractivity contribution in [2.75, 3.05) is 0 Å². The van der Waals surface area contributed by atoms with Gasteiger partial charge >= 0.3 is 6.18 Å². The van der Waals surface area contributed by atoms with Crippen LogP contribution in [0.1, 0.15) is 24.5 Å². The molecule has 0 radical (unpaired) electrons. The first kappa shape index (κ1) is 15.3. The van der Waals surface area contributed by atoms with Crippen molar-refractivity contribution in [3.05, 3.63) is 35.4 Å². The number of benzene rings is 1. The van der Waals surface area contributed by atoms with E-state index in [0.29, 0.717) is 6.42 Å². The summed E-state index contributed by atoms with van der Waals surface area (Å²) >= 11 is 0. The molecule has 0 aliphatic heterocycles. The third-order valence-corrected chi connectivity index (χ3v) is 2.74. The number of nitrogens with one attached hydrogen (secondary N) is 1. The van der Waals surface area contributed by atoms with Gasteiger partial charge in [-0.05, 0) is 18.1 Å². The Hall–Kier alpha value is -1.76. The van der Waals surface area contributed by atoms with E-state index >= 15 is 0 Å². The summed E-state index contributed by atoms with van der Waals surface area (Å²) in [5.74, 6) is -0.0491. The summed E-state index contributed by atoms with van der Waals surface area (Å²) in [4.78, 5) is 0. The summed E-state index contributed by atoms with van der Waals surface area (Å²) < 4.78 is 38.3. The van der Waals surface area contributed by atoms with Crippen molar-refractivity contribution in [1.29, 1.82) is 0 Å². The van der Waals surface area contributed by atoms with Crippen molar-refractivity contribution in [3.8, 4) is 0 Å². The summed E-state index contributed by atoms with van der Waals surface area (Å²) in [5.41, 5.74) is 4.87. The minimum absolute atomic E-state index is 0.00951. The molecule has 0 saturated heterocycles. The molecule has 7 heteroatoms. The number of amidine groups is 1. The Kier molecular flexibility index (Phi) is 5.17. The molecule has 0 aromatic heterocycles. The van der Waals surface area contributed by atoms with Gasteiger partial charge in [0.2, 0.25) is 0 Å². The molecule has 0 fully saturated rings. The quantitative estimate of drug-likeness (QED) is 0.334. The van der Waals surface area contributed by atoms with Gasteiger partial charge in [-0.2, -0.15) is 13.2 Å². The minimum Gasteiger partial charge on any atom is -0.409 e. The van der Waals surface area contributed by atoms with Crippen molar-refractivity contribution < 1.29 is 18.4 Å². The lowest BCUT2D eigenvalue weighted by Crippen LogP contribution is -2.40. The van der Waals surface area contributed by atoms with Gasteiger partial charge in [0, 0.05) is 6.54 Å². The number of hydrogen-bond acceptors (Lipinski definition) is 3. The van der Waals surface area contributed by atoms with Gasteiger partial charge in [-0.25, -0.2) is 0 Å². The predicted molar refractivity (Wildman–Crippen MR) is 65.8 cm³/mol. The van der Waals surface area contributed by atoms with Gasteiger partial charge in [-0.3, -0.25) is 0 Å². The fraction of sp³-hybridized carbons (Fsp3) is 0.417. The van der Waals surface area contributed by atoms with E-state index in [1.54, 1.807) is 6.92 Å². The van der Waals surface area contributed by atoms with Crippen LogP contribution >= 0.6 is 0 Å². The van der Waals surface area contributed by atoms with Crippen LogP contribution in [0, 0.1) is 0 Å². The predicted octanol–water partition coefficient (Wildman–Crippen LogP) is 2.32. The molecule has 0 aliphatic carbocycles. The molecular formula is C12H16F3N3O. The molecule has 4 nitrogen and oxygen atoms in total. The first-order valence-electron chi connectivity index (χ1n) is 5.76. The highest BCUT2D eigenvalue weighted by atomic mass is 19.4. The van der Waals surface area contributed by atoms with Gasteiger partial charge in [0.05, 0.1) is 11.6 Å². The van der Waals surface area contributed by atoms with Crippen LogP contribution < -0.4 is 11.1 Å². The van der Waals surface area contributed by atoms with E-state index in [9.17, 15) is 13.2 Å². The number of nitrogens with zero attached hydrogens (tertiary/aromatic N) is 1. The second-order valence-corrected chi connectivity index (χ2v) is 4.02. The maximum absolute atomic E-state index is 12.8. The maximum atomic E-state index is 12.8. The fourth-order valence-corrected chi connectivity index (χ4v) is 1.71. The van der Waals surface area contributed by atoms with Crippen LogP contribution in [0.5, 0.6) is 0 Å². The summed E-state index contributed by atoms with van der Waals surface area (Å²) in [6.07, 6.45) is -3.89. The number of rotatable bonds is 5. The normalized spacial score (nSPS) is 14.4. The lowest BCUT2D eigenvalue weighted by molar-refractivity contribution is -0.138. The summed E-state index contributed by atoms with van der Waals surface area (Å²) in [7, 11) is 0. The Morgan fingerprint density at radius 1 is 1.42 bits per heavy atom. The lowest BCUT2D eigenvalue weighted by Gasteiger charge is -2.18. The van der Waals surface area contributed by atoms with Crippen LogP contribution in [0.15, 0.2) is 29.4 Å². The van der Waals surface area contributed by atoms with Crippen LogP contribution in [-0.2, 0) is 12.7 Å². The minimum atomic E-state index is -4.39. The highest BCUT2D eigenvalue weighted by Crippen LogP contribution is 2.31. The van der Waals surface area contributed by atoms with E-state index in [1.807, 2.05) is 0 Å². The van der Waals surface area contributed by atoms with Crippen molar-refractivity contribution in [2.24, 2.45) is 10.9 Å². The van der Waals surface area contributed by atoms with Gasteiger partial charge in [0.1, 0.15) is 0 Å². The van der Waals surface area contributed by atoms with Crippen molar-refractivity contribution in [1.82, 2.24) is 5.32 Å². The largest absolute Gasteiger partial charge is 0.416 e. The molecule has 106 valence electrons. The van der Waals surface area contributed by atoms with Gasteiger partial charge in [-0.15, -0.1) is 0 Å². The Morgan fingerprint density at radius 3 is 2.58 bits per heavy atom. The van der Waals surface area contributed by atoms with E-state index in [1.165, 1.54) is 18.2 Å². The molecule has 19 heavy (non-hydrogen) atoms. The van der Waals surface area contributed by atoms with Crippen LogP contribution in [0.3, 0.4) is 0 Å². The molecule has 1 rings (SSSR count). The smallest absolute Gasteiger partial charge is 0.409 e. The molecule has 1 unspecified atom stereocenters. The fourth-order valence-electron chi connectivity index (χ4n) is 1.71. The zero-order chi connectivity index (χ0) is 14.5. The third-order valence-electron chi connectivity index (χ3n) is 2.74. The molecule has 0 amide bonds. The summed E-state index contributed by atoms with van der Waals surface area (Å²) in [6.45, 7) is 1.77. The molecule has 1 aromatic carbocycles. The van der Waals surface area contributed by atoms with Crippen molar-refractivity contribution in [2.45, 2.75) is 32.1 Å². The molecule has 0 heterocycles. The second-order valence-electron chi connectivity index (χ2n) is 4.02. The standard InChI is InChI=1S/C12H16F3N3O/c1-2-10(11(16)18-19)17-7-8-5-3-4-6-9(8)12(13,14)15/h3-6,10,17,19H,2,7H2,1H3,(H2,16,18). The highest BCUT2D eigenvalue weighted by molar-refractivity contribution is 5.85. The number of hydrogen-bond donors (Lipinski definition) is 3. The molecule has 0 spiro atoms. The zero-order valence-electron chi connectivity index (χ0n) is 10.4. The lowest BCUT2D eigenvalue weighted by atomic mass is 10.1. The zero-order valence-corrected chi connectivity index (χ0v) is 10.4. The van der Waals surface area contributed by atoms with Crippen molar-refractivity contribution in [3.63, 3.8) is 0 Å². The number of alkyl halides is 3. The van der Waals surface area contributed by atoms with Crippen LogP contribution in [0.2, 0.25) is 0 Å². The van der Waals surface area contributed by atoms with Crippen LogP contribution in [0.4, 0.5) is 13.2 Å². The summed E-state index contributed by atoms with van der Waals surface area (Å²) in [6, 6.07) is 4.84. The third kappa shape index (κ3) is 4.13. The van der Waals surface area contributed by atoms with E-state index in [4.69, 9.17) is 10.9 Å². The van der Waals surface area contributed by atoms with Crippen LogP contribution in [-0.4, -0.2) is 17.1 Å². The average Bonchev–Trinajstić information content (AvgIpc) is 2.38. The average molecular weight is 275 g/mol. The first-order chi connectivity index (χ1) is 8.90. The topological polar surface area (TPSA) is 70.6 Å².